The Kier molecular flexibility index (Phi) is 10.6. The molecule has 2 saturated carbocycles. The van der Waals surface area contributed by atoms with E-state index in [0.29, 0.717) is 23.7 Å². The van der Waals surface area contributed by atoms with Gasteiger partial charge in [-0.2, -0.15) is 0 Å². The second-order valence-corrected chi connectivity index (χ2v) is 17.1. The van der Waals surface area contributed by atoms with E-state index in [9.17, 15) is 19.8 Å². The number of hydrogen-bond donors (Lipinski definition) is 2. The van der Waals surface area contributed by atoms with Crippen molar-refractivity contribution < 1.29 is 36.9 Å². The zero-order valence-electron chi connectivity index (χ0n) is 29.3. The predicted octanol–water partition coefficient (Wildman–Crippen LogP) is 10.4. The quantitative estimate of drug-likeness (QED) is 0.295. The molecule has 6 rings (SSSR count). The van der Waals surface area contributed by atoms with Crippen LogP contribution in [0.4, 0.5) is 0 Å². The first-order chi connectivity index (χ1) is 20.6. The molecule has 0 amide bonds. The van der Waals surface area contributed by atoms with Crippen LogP contribution in [0.1, 0.15) is 132 Å². The van der Waals surface area contributed by atoms with E-state index in [1.54, 1.807) is 11.1 Å². The second kappa shape index (κ2) is 13.1. The van der Waals surface area contributed by atoms with E-state index in [-0.39, 0.29) is 39.7 Å². The van der Waals surface area contributed by atoms with Gasteiger partial charge in [-0.05, 0) is 136 Å². The molecule has 0 aromatic rings. The Labute approximate surface area is 284 Å². The molecule has 2 N–H and O–H groups in total. The van der Waals surface area contributed by atoms with Crippen LogP contribution in [0.15, 0.2) is 46.6 Å². The monoisotopic (exact) mass is 659 g/mol. The van der Waals surface area contributed by atoms with Crippen molar-refractivity contribution in [2.24, 2.45) is 57.2 Å². The molecule has 0 bridgehead atoms. The topological polar surface area (TPSA) is 74.6 Å². The van der Waals surface area contributed by atoms with Crippen molar-refractivity contribution in [1.29, 1.82) is 0 Å². The molecular formula is C40H60MnO4. The molecule has 0 aliphatic heterocycles. The van der Waals surface area contributed by atoms with Gasteiger partial charge in [-0.3, -0.25) is 9.59 Å². The molecule has 0 aromatic carbocycles. The maximum Gasteiger partial charge on any atom is 0.309 e. The van der Waals surface area contributed by atoms with Crippen LogP contribution in [0.2, 0.25) is 0 Å². The van der Waals surface area contributed by atoms with Crippen molar-refractivity contribution in [2.45, 2.75) is 132 Å². The fourth-order valence-corrected chi connectivity index (χ4v) is 11.2. The van der Waals surface area contributed by atoms with Gasteiger partial charge in [-0.1, -0.05) is 89.8 Å². The van der Waals surface area contributed by atoms with Crippen LogP contribution in [0, 0.1) is 57.2 Å². The number of carbonyl (C=O) groups is 2. The smallest absolute Gasteiger partial charge is 0.309 e. The Morgan fingerprint density at radius 2 is 1.02 bits per heavy atom. The molecule has 0 unspecified atom stereocenters. The van der Waals surface area contributed by atoms with E-state index >= 15 is 0 Å². The van der Waals surface area contributed by atoms with Crippen LogP contribution in [-0.2, 0) is 26.7 Å². The Balaban J connectivity index is 0.000000200. The summed E-state index contributed by atoms with van der Waals surface area (Å²) in [5, 5.41) is 19.7. The Bertz CT molecular complexity index is 1190. The summed E-state index contributed by atoms with van der Waals surface area (Å²) >= 11 is 0. The van der Waals surface area contributed by atoms with E-state index < -0.39 is 22.8 Å². The number of carboxylic acids is 2. The van der Waals surface area contributed by atoms with Gasteiger partial charge in [0, 0.05) is 17.1 Å². The Morgan fingerprint density at radius 1 is 0.667 bits per heavy atom. The summed E-state index contributed by atoms with van der Waals surface area (Å²) in [6.07, 6.45) is 22.4. The normalized spacial score (nSPS) is 40.4. The minimum absolute atomic E-state index is 0. The molecule has 8 atom stereocenters. The first-order valence-corrected chi connectivity index (χ1v) is 17.9. The van der Waals surface area contributed by atoms with E-state index in [2.05, 4.69) is 65.8 Å². The van der Waals surface area contributed by atoms with Gasteiger partial charge >= 0.3 is 11.9 Å². The SMILES string of the molecule is CC(C)C1=CC2=CC[C@@H]3[C@](C)(CCC[C@@]3(C)C(=O)O)[C@H]2CC1.CC(C)C1=CC2=CC[C@@H]3[C@](C)(CCC[C@@]3(C)C(=O)O)[C@H]2CC1.[Mn]. The summed E-state index contributed by atoms with van der Waals surface area (Å²) in [6, 6.07) is 0. The third kappa shape index (κ3) is 6.12. The van der Waals surface area contributed by atoms with Gasteiger partial charge in [-0.15, -0.1) is 0 Å². The first-order valence-electron chi connectivity index (χ1n) is 17.9. The summed E-state index contributed by atoms with van der Waals surface area (Å²) < 4.78 is 0. The van der Waals surface area contributed by atoms with Crippen LogP contribution in [0.25, 0.3) is 0 Å². The molecule has 6 aliphatic carbocycles. The van der Waals surface area contributed by atoms with E-state index in [1.807, 2.05) is 13.8 Å². The van der Waals surface area contributed by atoms with Crippen LogP contribution in [0.3, 0.4) is 0 Å². The van der Waals surface area contributed by atoms with Crippen molar-refractivity contribution in [3.8, 4) is 0 Å². The minimum Gasteiger partial charge on any atom is -0.481 e. The molecule has 1 radical (unpaired) electrons. The zero-order chi connectivity index (χ0) is 32.2. The zero-order valence-corrected chi connectivity index (χ0v) is 30.5. The van der Waals surface area contributed by atoms with Crippen LogP contribution in [0.5, 0.6) is 0 Å². The average Bonchev–Trinajstić information content (AvgIpc) is 2.96. The van der Waals surface area contributed by atoms with Crippen molar-refractivity contribution >= 4 is 11.9 Å². The third-order valence-electron chi connectivity index (χ3n) is 14.1. The largest absolute Gasteiger partial charge is 0.481 e. The van der Waals surface area contributed by atoms with Gasteiger partial charge in [0.15, 0.2) is 0 Å². The molecular weight excluding hydrogens is 599 g/mol. The molecule has 0 saturated heterocycles. The number of hydrogen-bond acceptors (Lipinski definition) is 2. The van der Waals surface area contributed by atoms with Crippen LogP contribution < -0.4 is 0 Å². The fraction of sp³-hybridized carbons (Fsp3) is 0.750. The number of aliphatic carboxylic acids is 2. The van der Waals surface area contributed by atoms with E-state index in [0.717, 1.165) is 38.5 Å². The van der Waals surface area contributed by atoms with Crippen LogP contribution in [-0.4, -0.2) is 22.2 Å². The fourth-order valence-electron chi connectivity index (χ4n) is 11.2. The number of rotatable bonds is 4. The molecule has 4 nitrogen and oxygen atoms in total. The maximum atomic E-state index is 11.9. The first kappa shape index (κ1) is 36.3. The molecule has 5 heteroatoms. The maximum absolute atomic E-state index is 11.9. The number of allylic oxidation sites excluding steroid dienone is 8. The average molecular weight is 660 g/mol. The van der Waals surface area contributed by atoms with Gasteiger partial charge in [0.2, 0.25) is 0 Å². The van der Waals surface area contributed by atoms with Gasteiger partial charge in [0.25, 0.3) is 0 Å². The van der Waals surface area contributed by atoms with Gasteiger partial charge in [-0.25, -0.2) is 0 Å². The van der Waals surface area contributed by atoms with Crippen molar-refractivity contribution in [3.05, 3.63) is 46.6 Å². The summed E-state index contributed by atoms with van der Waals surface area (Å²) in [7, 11) is 0. The molecule has 2 fully saturated rings. The Morgan fingerprint density at radius 3 is 1.33 bits per heavy atom. The summed E-state index contributed by atoms with van der Waals surface area (Å²) in [6.45, 7) is 17.9. The van der Waals surface area contributed by atoms with Crippen molar-refractivity contribution in [1.82, 2.24) is 0 Å². The third-order valence-corrected chi connectivity index (χ3v) is 14.1. The molecule has 0 spiro atoms. The molecule has 251 valence electrons. The standard InChI is InChI=1S/2C20H30O2.Mn/c2*1-13(2)14-6-8-16-15(12-14)7-9-17-19(16,3)10-5-11-20(17,4)18(21)22;/h2*7,12-13,16-17H,5-6,8-11H2,1-4H3,(H,21,22);/t2*16-,17+,19+,20+;/m00./s1. The van der Waals surface area contributed by atoms with Gasteiger partial charge < -0.3 is 10.2 Å². The molecule has 45 heavy (non-hydrogen) atoms. The second-order valence-electron chi connectivity index (χ2n) is 17.1. The van der Waals surface area contributed by atoms with E-state index in [4.69, 9.17) is 0 Å². The van der Waals surface area contributed by atoms with Gasteiger partial charge in [0.05, 0.1) is 10.8 Å². The Hall–Kier alpha value is -1.58. The number of carboxylic acid groups (broad SMARTS) is 2. The predicted molar refractivity (Wildman–Crippen MR) is 179 cm³/mol. The summed E-state index contributed by atoms with van der Waals surface area (Å²) in [4.78, 5) is 23.9. The van der Waals surface area contributed by atoms with Gasteiger partial charge in [0.1, 0.15) is 0 Å². The minimum atomic E-state index is -0.588. The van der Waals surface area contributed by atoms with Crippen molar-refractivity contribution in [3.63, 3.8) is 0 Å². The molecule has 6 aliphatic rings. The number of fused-ring (bicyclic) bond motifs is 6. The molecule has 0 heterocycles. The molecule has 0 aromatic heterocycles. The summed E-state index contributed by atoms with van der Waals surface area (Å²) in [5.41, 5.74) is 5.38. The summed E-state index contributed by atoms with van der Waals surface area (Å²) in [5.74, 6) is 1.78. The van der Waals surface area contributed by atoms with E-state index in [1.165, 1.54) is 49.7 Å². The van der Waals surface area contributed by atoms with Crippen molar-refractivity contribution in [2.75, 3.05) is 0 Å². The van der Waals surface area contributed by atoms with Crippen LogP contribution >= 0.6 is 0 Å².